The first kappa shape index (κ1) is 23.5. The summed E-state index contributed by atoms with van der Waals surface area (Å²) in [4.78, 5) is 27.3. The van der Waals surface area contributed by atoms with Gasteiger partial charge in [0.1, 0.15) is 11.8 Å². The number of nitrogens with one attached hydrogen (secondary N) is 1. The van der Waals surface area contributed by atoms with E-state index >= 15 is 0 Å². The molecule has 1 atom stereocenters. The minimum absolute atomic E-state index is 0.0267. The largest absolute Gasteiger partial charge is 0.497 e. The Labute approximate surface area is 180 Å². The smallest absolute Gasteiger partial charge is 0.242 e. The number of ether oxygens (including phenoxy) is 1. The van der Waals surface area contributed by atoms with E-state index in [9.17, 15) is 9.59 Å². The van der Waals surface area contributed by atoms with Crippen LogP contribution < -0.4 is 10.1 Å². The van der Waals surface area contributed by atoms with Crippen LogP contribution in [0.25, 0.3) is 0 Å². The van der Waals surface area contributed by atoms with Crippen LogP contribution in [0.4, 0.5) is 0 Å². The Bertz CT molecular complexity index is 831. The van der Waals surface area contributed by atoms with Gasteiger partial charge in [-0.15, -0.1) is 0 Å². The molecule has 0 radical (unpaired) electrons. The topological polar surface area (TPSA) is 58.6 Å². The molecule has 0 heterocycles. The molecule has 0 fully saturated rings. The average Bonchev–Trinajstić information content (AvgIpc) is 2.77. The number of benzene rings is 2. The number of amides is 2. The second-order valence-electron chi connectivity index (χ2n) is 7.81. The second-order valence-corrected chi connectivity index (χ2v) is 7.81. The zero-order valence-corrected chi connectivity index (χ0v) is 18.8. The molecule has 2 aromatic rings. The minimum Gasteiger partial charge on any atom is -0.497 e. The van der Waals surface area contributed by atoms with Crippen LogP contribution in [0.15, 0.2) is 48.5 Å². The fraction of sp³-hybridized carbons (Fsp3) is 0.440. The third kappa shape index (κ3) is 6.34. The summed E-state index contributed by atoms with van der Waals surface area (Å²) in [6.45, 7) is 6.63. The molecule has 2 rings (SSSR count). The predicted molar refractivity (Wildman–Crippen MR) is 121 cm³/mol. The van der Waals surface area contributed by atoms with Crippen LogP contribution in [0.2, 0.25) is 0 Å². The van der Waals surface area contributed by atoms with E-state index in [1.165, 1.54) is 5.56 Å². The molecule has 2 aromatic carbocycles. The molecule has 5 heteroatoms. The average molecular weight is 411 g/mol. The van der Waals surface area contributed by atoms with E-state index in [0.29, 0.717) is 31.7 Å². The Morgan fingerprint density at radius 1 is 1.07 bits per heavy atom. The zero-order valence-electron chi connectivity index (χ0n) is 18.8. The van der Waals surface area contributed by atoms with Crippen molar-refractivity contribution >= 4 is 11.8 Å². The van der Waals surface area contributed by atoms with E-state index in [2.05, 4.69) is 43.4 Å². The van der Waals surface area contributed by atoms with Gasteiger partial charge in [-0.25, -0.2) is 0 Å². The van der Waals surface area contributed by atoms with E-state index in [1.54, 1.807) is 19.1 Å². The van der Waals surface area contributed by atoms with Gasteiger partial charge in [-0.2, -0.15) is 0 Å². The minimum atomic E-state index is -0.503. The summed E-state index contributed by atoms with van der Waals surface area (Å²) in [5.74, 6) is 1.05. The van der Waals surface area contributed by atoms with Crippen LogP contribution in [-0.2, 0) is 22.6 Å². The van der Waals surface area contributed by atoms with Crippen LogP contribution in [0.5, 0.6) is 5.75 Å². The lowest BCUT2D eigenvalue weighted by atomic mass is 10.00. The molecule has 0 saturated carbocycles. The fourth-order valence-corrected chi connectivity index (χ4v) is 3.52. The van der Waals surface area contributed by atoms with E-state index in [1.807, 2.05) is 31.2 Å². The van der Waals surface area contributed by atoms with Gasteiger partial charge < -0.3 is 15.0 Å². The van der Waals surface area contributed by atoms with Crippen molar-refractivity contribution in [2.45, 2.75) is 58.5 Å². The van der Waals surface area contributed by atoms with E-state index in [0.717, 1.165) is 16.9 Å². The lowest BCUT2D eigenvalue weighted by Crippen LogP contribution is -2.48. The Hall–Kier alpha value is -2.82. The highest BCUT2D eigenvalue weighted by Gasteiger charge is 2.27. The number of nitrogens with zero attached hydrogens (tertiary/aromatic N) is 1. The van der Waals surface area contributed by atoms with Crippen molar-refractivity contribution in [3.63, 3.8) is 0 Å². The summed E-state index contributed by atoms with van der Waals surface area (Å²) in [6.07, 6.45) is 1.56. The van der Waals surface area contributed by atoms with Gasteiger partial charge in [0.15, 0.2) is 0 Å². The summed E-state index contributed by atoms with van der Waals surface area (Å²) in [5.41, 5.74) is 3.35. The number of carbonyl (C=O) groups is 2. The number of methoxy groups -OCH3 is 1. The molecule has 30 heavy (non-hydrogen) atoms. The van der Waals surface area contributed by atoms with Crippen molar-refractivity contribution in [1.29, 1.82) is 0 Å². The quantitative estimate of drug-likeness (QED) is 0.635. The normalized spacial score (nSPS) is 11.8. The molecule has 0 aromatic heterocycles. The number of likely N-dealkylation sites (N-methyl/N-ethyl adjacent to an activating group) is 1. The number of rotatable bonds is 10. The molecule has 162 valence electrons. The summed E-state index contributed by atoms with van der Waals surface area (Å²) in [5, 5.41) is 2.69. The summed E-state index contributed by atoms with van der Waals surface area (Å²) >= 11 is 0. The second kappa shape index (κ2) is 11.4. The standard InChI is InChI=1S/C25H34N2O3/c1-6-23(25(29)26-4)27(17-20-8-7-9-22(16-20)30-5)24(28)15-12-19-10-13-21(14-11-19)18(2)3/h7-11,13-14,16,18,23H,6,12,15,17H2,1-5H3,(H,26,29)/t23-/m0/s1. The monoisotopic (exact) mass is 410 g/mol. The summed E-state index contributed by atoms with van der Waals surface area (Å²) in [6, 6.07) is 15.5. The van der Waals surface area contributed by atoms with Crippen LogP contribution in [-0.4, -0.2) is 36.9 Å². The van der Waals surface area contributed by atoms with Crippen LogP contribution in [0.3, 0.4) is 0 Å². The maximum Gasteiger partial charge on any atom is 0.242 e. The van der Waals surface area contributed by atoms with E-state index in [-0.39, 0.29) is 11.8 Å². The van der Waals surface area contributed by atoms with Gasteiger partial charge in [0.25, 0.3) is 0 Å². The molecule has 0 aliphatic rings. The number of hydrogen-bond acceptors (Lipinski definition) is 3. The first-order valence-corrected chi connectivity index (χ1v) is 10.6. The third-order valence-electron chi connectivity index (χ3n) is 5.39. The lowest BCUT2D eigenvalue weighted by molar-refractivity contribution is -0.141. The van der Waals surface area contributed by atoms with Crippen molar-refractivity contribution in [2.75, 3.05) is 14.2 Å². The number of hydrogen-bond donors (Lipinski definition) is 1. The Morgan fingerprint density at radius 2 is 1.77 bits per heavy atom. The van der Waals surface area contributed by atoms with E-state index < -0.39 is 6.04 Å². The van der Waals surface area contributed by atoms with Gasteiger partial charge in [-0.05, 0) is 47.6 Å². The third-order valence-corrected chi connectivity index (χ3v) is 5.39. The number of aryl methyl sites for hydroxylation is 1. The van der Waals surface area contributed by atoms with Crippen LogP contribution in [0.1, 0.15) is 56.2 Å². The molecule has 0 aliphatic heterocycles. The lowest BCUT2D eigenvalue weighted by Gasteiger charge is -2.30. The maximum atomic E-state index is 13.2. The summed E-state index contributed by atoms with van der Waals surface area (Å²) < 4.78 is 5.30. The van der Waals surface area contributed by atoms with Crippen molar-refractivity contribution in [1.82, 2.24) is 10.2 Å². The first-order chi connectivity index (χ1) is 14.4. The van der Waals surface area contributed by atoms with Gasteiger partial charge in [-0.1, -0.05) is 57.2 Å². The van der Waals surface area contributed by atoms with Gasteiger partial charge in [0.2, 0.25) is 11.8 Å². The van der Waals surface area contributed by atoms with Crippen molar-refractivity contribution in [3.8, 4) is 5.75 Å². The van der Waals surface area contributed by atoms with E-state index in [4.69, 9.17) is 4.74 Å². The maximum absolute atomic E-state index is 13.2. The fourth-order valence-electron chi connectivity index (χ4n) is 3.52. The highest BCUT2D eigenvalue weighted by molar-refractivity contribution is 5.87. The SMILES string of the molecule is CC[C@@H](C(=O)NC)N(Cc1cccc(OC)c1)C(=O)CCc1ccc(C(C)C)cc1. The van der Waals surface area contributed by atoms with Crippen LogP contribution in [0, 0.1) is 0 Å². The van der Waals surface area contributed by atoms with Crippen molar-refractivity contribution in [3.05, 3.63) is 65.2 Å². The Morgan fingerprint density at radius 3 is 2.33 bits per heavy atom. The molecule has 2 amide bonds. The summed E-state index contributed by atoms with van der Waals surface area (Å²) in [7, 11) is 3.22. The Balaban J connectivity index is 2.17. The highest BCUT2D eigenvalue weighted by atomic mass is 16.5. The Kier molecular flexibility index (Phi) is 8.90. The molecule has 5 nitrogen and oxygen atoms in total. The first-order valence-electron chi connectivity index (χ1n) is 10.6. The molecule has 0 saturated heterocycles. The highest BCUT2D eigenvalue weighted by Crippen LogP contribution is 2.19. The molecule has 0 spiro atoms. The van der Waals surface area contributed by atoms with Gasteiger partial charge in [0.05, 0.1) is 7.11 Å². The van der Waals surface area contributed by atoms with Crippen molar-refractivity contribution < 1.29 is 14.3 Å². The molecular formula is C25H34N2O3. The zero-order chi connectivity index (χ0) is 22.1. The van der Waals surface area contributed by atoms with Gasteiger partial charge in [0, 0.05) is 20.0 Å². The van der Waals surface area contributed by atoms with Gasteiger partial charge in [-0.3, -0.25) is 9.59 Å². The molecule has 0 aliphatic carbocycles. The van der Waals surface area contributed by atoms with Crippen LogP contribution >= 0.6 is 0 Å². The van der Waals surface area contributed by atoms with Gasteiger partial charge >= 0.3 is 0 Å². The molecule has 0 bridgehead atoms. The molecular weight excluding hydrogens is 376 g/mol. The molecule has 1 N–H and O–H groups in total. The number of carbonyl (C=O) groups excluding carboxylic acids is 2. The predicted octanol–water partition coefficient (Wildman–Crippen LogP) is 4.30. The van der Waals surface area contributed by atoms with Crippen molar-refractivity contribution in [2.24, 2.45) is 0 Å². The molecule has 0 unspecified atom stereocenters.